The third-order valence-electron chi connectivity index (χ3n) is 3.51. The average molecular weight is 296 g/mol. The molecule has 0 saturated heterocycles. The largest absolute Gasteiger partial charge is 0.494 e. The first kappa shape index (κ1) is 12.2. The van der Waals surface area contributed by atoms with Gasteiger partial charge in [-0.15, -0.1) is 0 Å². The zero-order valence-electron chi connectivity index (χ0n) is 10.8. The van der Waals surface area contributed by atoms with E-state index in [0.29, 0.717) is 10.6 Å². The maximum absolute atomic E-state index is 10.1. The van der Waals surface area contributed by atoms with Crippen molar-refractivity contribution in [2.75, 3.05) is 0 Å². The SMILES string of the molecule is Oc1[nH]c2ccc(Cl)cc2c1/C=c1\ccc2c(c1)N=NC=2. The number of rotatable bonds is 1. The van der Waals surface area contributed by atoms with Crippen molar-refractivity contribution < 1.29 is 5.11 Å². The van der Waals surface area contributed by atoms with Gasteiger partial charge in [0.15, 0.2) is 5.88 Å². The van der Waals surface area contributed by atoms with Crippen molar-refractivity contribution in [1.29, 1.82) is 0 Å². The van der Waals surface area contributed by atoms with Crippen LogP contribution in [0.2, 0.25) is 5.02 Å². The number of hydrogen-bond donors (Lipinski definition) is 2. The summed E-state index contributed by atoms with van der Waals surface area (Å²) in [6.07, 6.45) is 3.63. The number of benzene rings is 2. The fraction of sp³-hybridized carbons (Fsp3) is 0. The monoisotopic (exact) mass is 295 g/mol. The topological polar surface area (TPSA) is 60.7 Å². The Morgan fingerprint density at radius 1 is 1.14 bits per heavy atom. The van der Waals surface area contributed by atoms with Crippen molar-refractivity contribution in [1.82, 2.24) is 4.98 Å². The van der Waals surface area contributed by atoms with Gasteiger partial charge in [-0.25, -0.2) is 0 Å². The van der Waals surface area contributed by atoms with Crippen LogP contribution in [0.15, 0.2) is 46.6 Å². The van der Waals surface area contributed by atoms with Crippen molar-refractivity contribution in [3.8, 4) is 5.88 Å². The highest BCUT2D eigenvalue weighted by atomic mass is 35.5. The Bertz CT molecular complexity index is 1020. The molecule has 0 saturated carbocycles. The van der Waals surface area contributed by atoms with E-state index in [1.54, 1.807) is 12.3 Å². The summed E-state index contributed by atoms with van der Waals surface area (Å²) in [5.74, 6) is 0.126. The molecule has 4 rings (SSSR count). The number of nitrogens with one attached hydrogen (secondary N) is 1. The summed E-state index contributed by atoms with van der Waals surface area (Å²) in [6, 6.07) is 11.3. The van der Waals surface area contributed by atoms with Crippen molar-refractivity contribution in [3.05, 3.63) is 57.4 Å². The molecule has 0 unspecified atom stereocenters. The van der Waals surface area contributed by atoms with E-state index >= 15 is 0 Å². The number of halogens is 1. The number of azo groups is 1. The number of aromatic hydroxyl groups is 1. The molecule has 0 spiro atoms. The lowest BCUT2D eigenvalue weighted by molar-refractivity contribution is 0.457. The van der Waals surface area contributed by atoms with Crippen LogP contribution in [0.3, 0.4) is 0 Å². The molecule has 0 aliphatic carbocycles. The van der Waals surface area contributed by atoms with Crippen LogP contribution in [0.5, 0.6) is 5.88 Å². The van der Waals surface area contributed by atoms with Gasteiger partial charge in [0.05, 0.1) is 11.9 Å². The first-order valence-corrected chi connectivity index (χ1v) is 6.81. The highest BCUT2D eigenvalue weighted by Crippen LogP contribution is 2.29. The van der Waals surface area contributed by atoms with E-state index < -0.39 is 0 Å². The van der Waals surface area contributed by atoms with Crippen LogP contribution in [0.25, 0.3) is 23.2 Å². The Morgan fingerprint density at radius 2 is 2.05 bits per heavy atom. The quantitative estimate of drug-likeness (QED) is 0.711. The molecule has 2 aromatic carbocycles. The summed E-state index contributed by atoms with van der Waals surface area (Å²) in [7, 11) is 0. The molecule has 1 aliphatic heterocycles. The Hall–Kier alpha value is -2.59. The van der Waals surface area contributed by atoms with E-state index in [9.17, 15) is 5.11 Å². The second-order valence-electron chi connectivity index (χ2n) is 4.88. The van der Waals surface area contributed by atoms with Gasteiger partial charge in [-0.05, 0) is 35.6 Å². The van der Waals surface area contributed by atoms with Crippen molar-refractivity contribution >= 4 is 40.5 Å². The third kappa shape index (κ3) is 2.00. The summed E-state index contributed by atoms with van der Waals surface area (Å²) in [5, 5.41) is 21.5. The van der Waals surface area contributed by atoms with Gasteiger partial charge >= 0.3 is 0 Å². The molecule has 0 atom stereocenters. The highest BCUT2D eigenvalue weighted by Gasteiger charge is 2.09. The van der Waals surface area contributed by atoms with Gasteiger partial charge in [-0.2, -0.15) is 10.2 Å². The molecule has 2 N–H and O–H groups in total. The molecule has 0 radical (unpaired) electrons. The molecule has 0 fully saturated rings. The van der Waals surface area contributed by atoms with Gasteiger partial charge in [0.25, 0.3) is 0 Å². The molecule has 1 aliphatic rings. The molecule has 21 heavy (non-hydrogen) atoms. The van der Waals surface area contributed by atoms with Gasteiger partial charge in [-0.1, -0.05) is 23.7 Å². The van der Waals surface area contributed by atoms with Crippen LogP contribution in [0, 0.1) is 0 Å². The van der Waals surface area contributed by atoms with Gasteiger partial charge in [0, 0.05) is 26.7 Å². The number of hydrogen-bond acceptors (Lipinski definition) is 3. The van der Waals surface area contributed by atoms with Gasteiger partial charge < -0.3 is 10.1 Å². The maximum Gasteiger partial charge on any atom is 0.196 e. The third-order valence-corrected chi connectivity index (χ3v) is 3.74. The summed E-state index contributed by atoms with van der Waals surface area (Å²) >= 11 is 6.04. The molecular weight excluding hydrogens is 286 g/mol. The summed E-state index contributed by atoms with van der Waals surface area (Å²) in [5.41, 5.74) is 2.39. The first-order valence-electron chi connectivity index (χ1n) is 6.44. The predicted molar refractivity (Wildman–Crippen MR) is 83.2 cm³/mol. The zero-order chi connectivity index (χ0) is 14.4. The van der Waals surface area contributed by atoms with Crippen LogP contribution < -0.4 is 10.4 Å². The molecular formula is C16H10ClN3O. The molecule has 2 heterocycles. The van der Waals surface area contributed by atoms with E-state index in [1.807, 2.05) is 36.4 Å². The summed E-state index contributed by atoms with van der Waals surface area (Å²) in [6.45, 7) is 0. The fourth-order valence-corrected chi connectivity index (χ4v) is 2.66. The lowest BCUT2D eigenvalue weighted by Crippen LogP contribution is -2.06. The normalized spacial score (nSPS) is 13.7. The average Bonchev–Trinajstić information content (AvgIpc) is 3.04. The zero-order valence-corrected chi connectivity index (χ0v) is 11.6. The lowest BCUT2D eigenvalue weighted by atomic mass is 10.1. The summed E-state index contributed by atoms with van der Waals surface area (Å²) in [4.78, 5) is 2.94. The molecule has 3 aromatic rings. The highest BCUT2D eigenvalue weighted by molar-refractivity contribution is 6.31. The van der Waals surface area contributed by atoms with Gasteiger partial charge in [0.2, 0.25) is 0 Å². The molecule has 5 heteroatoms. The van der Waals surface area contributed by atoms with Crippen LogP contribution in [0.1, 0.15) is 5.56 Å². The van der Waals surface area contributed by atoms with Crippen molar-refractivity contribution in [2.45, 2.75) is 0 Å². The predicted octanol–water partition coefficient (Wildman–Crippen LogP) is 3.19. The van der Waals surface area contributed by atoms with Crippen molar-refractivity contribution in [3.63, 3.8) is 0 Å². The van der Waals surface area contributed by atoms with Crippen LogP contribution >= 0.6 is 11.6 Å². The molecule has 102 valence electrons. The molecule has 0 bridgehead atoms. The Labute approximate surface area is 124 Å². The Balaban J connectivity index is 1.97. The first-order chi connectivity index (χ1) is 10.2. The smallest absolute Gasteiger partial charge is 0.196 e. The van der Waals surface area contributed by atoms with E-state index in [-0.39, 0.29) is 5.88 Å². The molecule has 4 nitrogen and oxygen atoms in total. The Morgan fingerprint density at radius 3 is 2.95 bits per heavy atom. The Kier molecular flexibility index (Phi) is 2.59. The number of nitrogens with zero attached hydrogens (tertiary/aromatic N) is 2. The second-order valence-corrected chi connectivity index (χ2v) is 5.32. The fourth-order valence-electron chi connectivity index (χ4n) is 2.48. The van der Waals surface area contributed by atoms with Gasteiger partial charge in [-0.3, -0.25) is 0 Å². The van der Waals surface area contributed by atoms with Crippen LogP contribution in [0.4, 0.5) is 5.69 Å². The standard InChI is InChI=1S/C16H10ClN3O/c17-11-3-4-14-12(7-11)13(16(21)19-14)5-9-1-2-10-8-18-20-15(10)6-9/h1-8,19,21H/b9-5+. The van der Waals surface area contributed by atoms with E-state index in [1.165, 1.54) is 0 Å². The maximum atomic E-state index is 10.1. The molecule has 0 amide bonds. The summed E-state index contributed by atoms with van der Waals surface area (Å²) < 4.78 is 0. The van der Waals surface area contributed by atoms with Gasteiger partial charge in [0.1, 0.15) is 0 Å². The lowest BCUT2D eigenvalue weighted by Gasteiger charge is -1.95. The minimum absolute atomic E-state index is 0.126. The minimum Gasteiger partial charge on any atom is -0.494 e. The number of aromatic nitrogens is 1. The number of aromatic amines is 1. The molecule has 1 aromatic heterocycles. The van der Waals surface area contributed by atoms with E-state index in [0.717, 1.165) is 27.0 Å². The van der Waals surface area contributed by atoms with E-state index in [2.05, 4.69) is 15.2 Å². The van der Waals surface area contributed by atoms with Crippen molar-refractivity contribution in [2.24, 2.45) is 10.2 Å². The number of fused-ring (bicyclic) bond motifs is 2. The minimum atomic E-state index is 0.126. The second kappa shape index (κ2) is 4.46. The van der Waals surface area contributed by atoms with Crippen LogP contribution in [-0.2, 0) is 0 Å². The van der Waals surface area contributed by atoms with E-state index in [4.69, 9.17) is 11.6 Å². The van der Waals surface area contributed by atoms with Crippen LogP contribution in [-0.4, -0.2) is 10.1 Å². The number of H-pyrrole nitrogens is 1.